The summed E-state index contributed by atoms with van der Waals surface area (Å²) < 4.78 is 46.4. The maximum absolute atomic E-state index is 13.8. The van der Waals surface area contributed by atoms with Gasteiger partial charge in [0.1, 0.15) is 5.60 Å². The number of halogens is 3. The normalized spacial score (nSPS) is 14.6. The molecule has 0 bridgehead atoms. The lowest BCUT2D eigenvalue weighted by molar-refractivity contribution is -0.175. The van der Waals surface area contributed by atoms with Crippen molar-refractivity contribution >= 4 is 11.8 Å². The molecule has 1 amide bonds. The fourth-order valence-electron chi connectivity index (χ4n) is 2.21. The first-order valence-electron chi connectivity index (χ1n) is 7.75. The number of carbonyl (C=O) groups excluding carboxylic acids is 1. The van der Waals surface area contributed by atoms with E-state index in [1.165, 1.54) is 31.3 Å². The largest absolute Gasteiger partial charge is 0.444 e. The van der Waals surface area contributed by atoms with Crippen LogP contribution in [0, 0.1) is 0 Å². The summed E-state index contributed by atoms with van der Waals surface area (Å²) in [5.74, 6) is -0.458. The quantitative estimate of drug-likeness (QED) is 0.894. The van der Waals surface area contributed by atoms with E-state index in [0.717, 1.165) is 11.7 Å². The molecule has 1 unspecified atom stereocenters. The summed E-state index contributed by atoms with van der Waals surface area (Å²) in [7, 11) is 1.39. The van der Waals surface area contributed by atoms with Crippen molar-refractivity contribution in [1.82, 2.24) is 20.2 Å². The Balaban J connectivity index is 2.30. The van der Waals surface area contributed by atoms with Crippen LogP contribution in [0.4, 0.5) is 23.7 Å². The third kappa shape index (κ3) is 4.12. The van der Waals surface area contributed by atoms with Crippen LogP contribution < -0.4 is 5.32 Å². The predicted molar refractivity (Wildman–Crippen MR) is 87.6 cm³/mol. The van der Waals surface area contributed by atoms with Crippen molar-refractivity contribution in [3.05, 3.63) is 35.7 Å². The molecule has 0 aliphatic heterocycles. The minimum atomic E-state index is -4.64. The Hall–Kier alpha value is -2.65. The van der Waals surface area contributed by atoms with E-state index in [1.807, 2.05) is 0 Å². The van der Waals surface area contributed by atoms with Crippen LogP contribution >= 0.6 is 0 Å². The summed E-state index contributed by atoms with van der Waals surface area (Å²) in [5.41, 5.74) is -2.89. The number of amides is 1. The molecule has 10 heteroatoms. The number of rotatable bonds is 3. The summed E-state index contributed by atoms with van der Waals surface area (Å²) in [6.45, 7) is 6.11. The van der Waals surface area contributed by atoms with Crippen LogP contribution in [0.2, 0.25) is 0 Å². The Labute approximate surface area is 148 Å². The lowest BCUT2D eigenvalue weighted by Crippen LogP contribution is -2.41. The molecule has 0 fully saturated rings. The highest BCUT2D eigenvalue weighted by molar-refractivity contribution is 5.84. The van der Waals surface area contributed by atoms with Crippen LogP contribution in [0.5, 0.6) is 0 Å². The molecule has 0 aliphatic rings. The third-order valence-corrected chi connectivity index (χ3v) is 3.63. The van der Waals surface area contributed by atoms with Gasteiger partial charge in [-0.15, -0.1) is 10.2 Å². The number of aryl methyl sites for hydroxylation is 1. The van der Waals surface area contributed by atoms with Gasteiger partial charge in [-0.1, -0.05) is 12.1 Å². The lowest BCUT2D eigenvalue weighted by Gasteiger charge is -2.29. The molecule has 1 atom stereocenters. The van der Waals surface area contributed by atoms with Gasteiger partial charge in [0.05, 0.1) is 7.05 Å². The molecule has 1 aromatic heterocycles. The second-order valence-corrected chi connectivity index (χ2v) is 6.93. The van der Waals surface area contributed by atoms with Gasteiger partial charge in [0.15, 0.2) is 11.2 Å². The number of ether oxygens (including phenoxy) is 1. The van der Waals surface area contributed by atoms with Crippen LogP contribution in [0.25, 0.3) is 0 Å². The monoisotopic (exact) mass is 371 g/mol. The molecule has 26 heavy (non-hydrogen) atoms. The Morgan fingerprint density at radius 3 is 2.12 bits per heavy atom. The zero-order valence-corrected chi connectivity index (χ0v) is 15.0. The molecule has 0 spiro atoms. The van der Waals surface area contributed by atoms with Gasteiger partial charge < -0.3 is 4.74 Å². The molecule has 7 nitrogen and oxygen atoms in total. The van der Waals surface area contributed by atoms with Gasteiger partial charge in [-0.2, -0.15) is 18.0 Å². The molecule has 0 radical (unpaired) electrons. The minimum absolute atomic E-state index is 0.0762. The van der Waals surface area contributed by atoms with E-state index in [-0.39, 0.29) is 5.56 Å². The number of nitrogens with one attached hydrogen (secondary N) is 1. The first kappa shape index (κ1) is 19.7. The number of benzene rings is 1. The lowest BCUT2D eigenvalue weighted by atomic mass is 9.81. The molecule has 1 aromatic carbocycles. The average Bonchev–Trinajstić information content (AvgIpc) is 2.91. The van der Waals surface area contributed by atoms with E-state index < -0.39 is 29.1 Å². The topological polar surface area (TPSA) is 81.9 Å². The van der Waals surface area contributed by atoms with Crippen molar-refractivity contribution in [2.24, 2.45) is 7.05 Å². The van der Waals surface area contributed by atoms with E-state index in [2.05, 4.69) is 20.7 Å². The van der Waals surface area contributed by atoms with Gasteiger partial charge in [-0.25, -0.2) is 4.79 Å². The number of aromatic nitrogens is 4. The third-order valence-electron chi connectivity index (χ3n) is 3.63. The summed E-state index contributed by atoms with van der Waals surface area (Å²) >= 11 is 0. The fraction of sp³-hybridized carbons (Fsp3) is 0.500. The highest BCUT2D eigenvalue weighted by Gasteiger charge is 2.56. The number of tetrazole rings is 1. The summed E-state index contributed by atoms with van der Waals surface area (Å²) in [4.78, 5) is 12.7. The van der Waals surface area contributed by atoms with Crippen molar-refractivity contribution in [1.29, 1.82) is 0 Å². The molecule has 0 saturated carbocycles. The van der Waals surface area contributed by atoms with Gasteiger partial charge in [0.25, 0.3) is 0 Å². The van der Waals surface area contributed by atoms with E-state index in [9.17, 15) is 18.0 Å². The molecule has 0 aliphatic carbocycles. The fourth-order valence-corrected chi connectivity index (χ4v) is 2.21. The maximum Gasteiger partial charge on any atom is 0.412 e. The van der Waals surface area contributed by atoms with E-state index in [0.29, 0.717) is 5.69 Å². The Morgan fingerprint density at radius 1 is 1.12 bits per heavy atom. The van der Waals surface area contributed by atoms with Gasteiger partial charge >= 0.3 is 12.3 Å². The number of hydrogen-bond donors (Lipinski definition) is 1. The Morgan fingerprint density at radius 2 is 1.69 bits per heavy atom. The second-order valence-electron chi connectivity index (χ2n) is 6.93. The highest BCUT2D eigenvalue weighted by Crippen LogP contribution is 2.44. The Kier molecular flexibility index (Phi) is 4.98. The molecule has 0 saturated heterocycles. The first-order chi connectivity index (χ1) is 11.8. The number of anilines is 1. The molecular formula is C16H20F3N5O2. The zero-order valence-electron chi connectivity index (χ0n) is 15.0. The van der Waals surface area contributed by atoms with Gasteiger partial charge in [-0.3, -0.25) is 5.32 Å². The molecule has 1 N–H and O–H groups in total. The summed E-state index contributed by atoms with van der Waals surface area (Å²) in [6, 6.07) is 5.24. The van der Waals surface area contributed by atoms with Crippen molar-refractivity contribution in [2.75, 3.05) is 5.32 Å². The molecule has 2 rings (SSSR count). The smallest absolute Gasteiger partial charge is 0.412 e. The number of alkyl halides is 3. The Bertz CT molecular complexity index is 780. The van der Waals surface area contributed by atoms with Crippen molar-refractivity contribution in [3.8, 4) is 0 Å². The van der Waals surface area contributed by atoms with Crippen LogP contribution in [0.15, 0.2) is 24.3 Å². The van der Waals surface area contributed by atoms with E-state index in [4.69, 9.17) is 4.74 Å². The van der Waals surface area contributed by atoms with Crippen molar-refractivity contribution in [2.45, 2.75) is 44.9 Å². The van der Waals surface area contributed by atoms with Crippen LogP contribution in [-0.4, -0.2) is 38.1 Å². The minimum Gasteiger partial charge on any atom is -0.444 e. The number of carbonyl (C=O) groups is 1. The van der Waals surface area contributed by atoms with Crippen LogP contribution in [0.1, 0.15) is 39.1 Å². The summed E-state index contributed by atoms with van der Waals surface area (Å²) in [6.07, 6.45) is -5.34. The molecule has 1 heterocycles. The van der Waals surface area contributed by atoms with E-state index in [1.54, 1.807) is 20.8 Å². The zero-order chi connectivity index (χ0) is 19.8. The van der Waals surface area contributed by atoms with Gasteiger partial charge in [-0.05, 0) is 50.6 Å². The standard InChI is InChI=1S/C16H20F3N5O2/c1-14(2,3)26-13(25)20-11-8-6-10(7-9-11)15(4,16(17,18)19)12-21-23-24(5)22-12/h6-9H,1-5H3,(H,20,25). The molecule has 2 aromatic rings. The van der Waals surface area contributed by atoms with Crippen LogP contribution in [0.3, 0.4) is 0 Å². The SMILES string of the molecule is Cn1nnc(C(C)(c2ccc(NC(=O)OC(C)(C)C)cc2)C(F)(F)F)n1. The maximum atomic E-state index is 13.8. The van der Waals surface area contributed by atoms with Crippen molar-refractivity contribution in [3.63, 3.8) is 0 Å². The van der Waals surface area contributed by atoms with Gasteiger partial charge in [0.2, 0.25) is 0 Å². The predicted octanol–water partition coefficient (Wildman–Crippen LogP) is 3.43. The van der Waals surface area contributed by atoms with Gasteiger partial charge in [0, 0.05) is 5.69 Å². The first-order valence-corrected chi connectivity index (χ1v) is 7.75. The number of nitrogens with zero attached hydrogens (tertiary/aromatic N) is 4. The van der Waals surface area contributed by atoms with Crippen LogP contribution in [-0.2, 0) is 17.2 Å². The average molecular weight is 371 g/mol. The van der Waals surface area contributed by atoms with E-state index >= 15 is 0 Å². The number of hydrogen-bond acceptors (Lipinski definition) is 5. The second kappa shape index (κ2) is 6.58. The molecular weight excluding hydrogens is 351 g/mol. The highest BCUT2D eigenvalue weighted by atomic mass is 19.4. The summed E-state index contributed by atoms with van der Waals surface area (Å²) in [5, 5.41) is 13.2. The van der Waals surface area contributed by atoms with Crippen molar-refractivity contribution < 1.29 is 22.7 Å². The molecule has 142 valence electrons.